The van der Waals surface area contributed by atoms with Gasteiger partial charge >= 0.3 is 5.69 Å². The van der Waals surface area contributed by atoms with Crippen LogP contribution in [0.15, 0.2) is 14.6 Å². The Bertz CT molecular complexity index is 773. The third-order valence-electron chi connectivity index (χ3n) is 2.74. The van der Waals surface area contributed by atoms with E-state index in [1.165, 1.54) is 11.6 Å². The maximum absolute atomic E-state index is 12.0. The summed E-state index contributed by atoms with van der Waals surface area (Å²) in [5.74, 6) is -0.430. The van der Waals surface area contributed by atoms with Crippen LogP contribution >= 0.6 is 11.8 Å². The van der Waals surface area contributed by atoms with Crippen LogP contribution in [0.2, 0.25) is 0 Å². The molecule has 2 aromatic rings. The van der Waals surface area contributed by atoms with Crippen LogP contribution in [0.1, 0.15) is 13.3 Å². The zero-order chi connectivity index (χ0) is 14.9. The minimum atomic E-state index is -0.518. The van der Waals surface area contributed by atoms with Crippen LogP contribution in [0.5, 0.6) is 0 Å². The maximum Gasteiger partial charge on any atom is 0.329 e. The summed E-state index contributed by atoms with van der Waals surface area (Å²) in [6, 6.07) is 0. The molecule has 0 aliphatic rings. The highest BCUT2D eigenvalue weighted by Gasteiger charge is 2.18. The Morgan fingerprint density at radius 2 is 2.15 bits per heavy atom. The SMILES string of the molecule is CCCn1nc2c(c1SCC(N)=O)c(=O)[nH]c(=O)n2C. The number of carbonyl (C=O) groups excluding carboxylic acids is 1. The monoisotopic (exact) mass is 297 g/mol. The average molecular weight is 297 g/mol. The molecule has 0 aromatic carbocycles. The molecule has 108 valence electrons. The van der Waals surface area contributed by atoms with Crippen LogP contribution in [0.4, 0.5) is 0 Å². The topological polar surface area (TPSA) is 116 Å². The number of rotatable bonds is 5. The number of aryl methyl sites for hydroxylation is 2. The van der Waals surface area contributed by atoms with Gasteiger partial charge in [0.15, 0.2) is 5.65 Å². The maximum atomic E-state index is 12.0. The molecule has 2 heterocycles. The van der Waals surface area contributed by atoms with Gasteiger partial charge in [0.1, 0.15) is 10.4 Å². The first-order valence-corrected chi connectivity index (χ1v) is 7.05. The number of primary amides is 1. The van der Waals surface area contributed by atoms with Gasteiger partial charge in [0, 0.05) is 13.6 Å². The Morgan fingerprint density at radius 3 is 2.75 bits per heavy atom. The number of hydrogen-bond acceptors (Lipinski definition) is 5. The number of thioether (sulfide) groups is 1. The van der Waals surface area contributed by atoms with Crippen LogP contribution in [-0.2, 0) is 18.4 Å². The number of H-pyrrole nitrogens is 1. The fraction of sp³-hybridized carbons (Fsp3) is 0.455. The van der Waals surface area contributed by atoms with Crippen molar-refractivity contribution in [1.29, 1.82) is 0 Å². The zero-order valence-corrected chi connectivity index (χ0v) is 12.0. The predicted octanol–water partition coefficient (Wildman–Crippen LogP) is -0.589. The van der Waals surface area contributed by atoms with Crippen molar-refractivity contribution in [2.75, 3.05) is 5.75 Å². The number of aromatic nitrogens is 4. The number of nitrogens with two attached hydrogens (primary N) is 1. The van der Waals surface area contributed by atoms with E-state index in [0.29, 0.717) is 22.6 Å². The lowest BCUT2D eigenvalue weighted by Crippen LogP contribution is -2.28. The van der Waals surface area contributed by atoms with Gasteiger partial charge in [0.25, 0.3) is 5.56 Å². The molecule has 0 atom stereocenters. The third-order valence-corrected chi connectivity index (χ3v) is 3.86. The number of nitrogens with one attached hydrogen (secondary N) is 1. The molecule has 0 spiro atoms. The Balaban J connectivity index is 2.71. The Morgan fingerprint density at radius 1 is 1.45 bits per heavy atom. The second kappa shape index (κ2) is 5.53. The van der Waals surface area contributed by atoms with Crippen molar-refractivity contribution in [3.05, 3.63) is 20.8 Å². The van der Waals surface area contributed by atoms with Crippen molar-refractivity contribution >= 4 is 28.7 Å². The molecule has 0 fully saturated rings. The number of hydrogen-bond donors (Lipinski definition) is 2. The summed E-state index contributed by atoms with van der Waals surface area (Å²) < 4.78 is 2.91. The third kappa shape index (κ3) is 2.48. The first-order valence-electron chi connectivity index (χ1n) is 6.06. The summed E-state index contributed by atoms with van der Waals surface area (Å²) in [4.78, 5) is 36.7. The van der Waals surface area contributed by atoms with Crippen molar-refractivity contribution in [3.8, 4) is 0 Å². The normalized spacial score (nSPS) is 11.1. The van der Waals surface area contributed by atoms with E-state index in [2.05, 4.69) is 10.1 Å². The first kappa shape index (κ1) is 14.4. The van der Waals surface area contributed by atoms with E-state index in [4.69, 9.17) is 5.73 Å². The molecule has 0 saturated carbocycles. The molecule has 1 amide bonds. The molecule has 0 saturated heterocycles. The molecule has 8 nitrogen and oxygen atoms in total. The number of fused-ring (bicyclic) bond motifs is 1. The van der Waals surface area contributed by atoms with Crippen LogP contribution in [-0.4, -0.2) is 31.0 Å². The smallest absolute Gasteiger partial charge is 0.329 e. The highest BCUT2D eigenvalue weighted by Crippen LogP contribution is 2.24. The molecule has 0 bridgehead atoms. The molecule has 2 rings (SSSR count). The fourth-order valence-electron chi connectivity index (χ4n) is 1.86. The molecular formula is C11H15N5O3S. The summed E-state index contributed by atoms with van der Waals surface area (Å²) in [6.07, 6.45) is 0.809. The van der Waals surface area contributed by atoms with E-state index in [-0.39, 0.29) is 5.75 Å². The lowest BCUT2D eigenvalue weighted by atomic mass is 10.4. The summed E-state index contributed by atoms with van der Waals surface area (Å²) in [5.41, 5.74) is 4.42. The zero-order valence-electron chi connectivity index (χ0n) is 11.2. The quantitative estimate of drug-likeness (QED) is 0.716. The van der Waals surface area contributed by atoms with Crippen LogP contribution in [0, 0.1) is 0 Å². The highest BCUT2D eigenvalue weighted by molar-refractivity contribution is 8.00. The van der Waals surface area contributed by atoms with Gasteiger partial charge in [0.2, 0.25) is 5.91 Å². The standard InChI is InChI=1S/C11H15N5O3S/c1-3-4-16-10(20-5-6(12)17)7-8(14-16)15(2)11(19)13-9(7)18/h3-5H2,1-2H3,(H2,12,17)(H,13,18,19). The molecule has 9 heteroatoms. The molecule has 3 N–H and O–H groups in total. The van der Waals surface area contributed by atoms with E-state index < -0.39 is 17.2 Å². The molecule has 0 aliphatic carbocycles. The lowest BCUT2D eigenvalue weighted by molar-refractivity contribution is -0.115. The van der Waals surface area contributed by atoms with E-state index in [1.54, 1.807) is 4.68 Å². The molecule has 2 aromatic heterocycles. The Labute approximate surface area is 118 Å². The van der Waals surface area contributed by atoms with Crippen LogP contribution in [0.25, 0.3) is 11.0 Å². The molecule has 0 unspecified atom stereocenters. The van der Waals surface area contributed by atoms with Gasteiger partial charge in [-0.25, -0.2) is 4.79 Å². The number of amides is 1. The Kier molecular flexibility index (Phi) is 3.98. The van der Waals surface area contributed by atoms with Crippen molar-refractivity contribution in [2.45, 2.75) is 24.9 Å². The summed E-state index contributed by atoms with van der Waals surface area (Å²) >= 11 is 1.15. The van der Waals surface area contributed by atoms with Gasteiger partial charge in [-0.3, -0.25) is 23.8 Å². The molecule has 0 aliphatic heterocycles. The summed E-state index contributed by atoms with van der Waals surface area (Å²) in [5, 5.41) is 5.15. The largest absolute Gasteiger partial charge is 0.369 e. The van der Waals surface area contributed by atoms with Gasteiger partial charge < -0.3 is 5.73 Å². The number of carbonyl (C=O) groups is 1. The minimum Gasteiger partial charge on any atom is -0.369 e. The molecule has 20 heavy (non-hydrogen) atoms. The van der Waals surface area contributed by atoms with Gasteiger partial charge in [-0.2, -0.15) is 5.10 Å². The first-order chi connectivity index (χ1) is 9.45. The lowest BCUT2D eigenvalue weighted by Gasteiger charge is -2.03. The van der Waals surface area contributed by atoms with Gasteiger partial charge in [-0.15, -0.1) is 0 Å². The van der Waals surface area contributed by atoms with E-state index in [0.717, 1.165) is 18.2 Å². The van der Waals surface area contributed by atoms with Crippen molar-refractivity contribution < 1.29 is 4.79 Å². The highest BCUT2D eigenvalue weighted by atomic mass is 32.2. The van der Waals surface area contributed by atoms with E-state index in [9.17, 15) is 14.4 Å². The second-order valence-electron chi connectivity index (χ2n) is 4.30. The summed E-state index contributed by atoms with van der Waals surface area (Å²) in [7, 11) is 1.53. The van der Waals surface area contributed by atoms with Gasteiger partial charge in [-0.05, 0) is 6.42 Å². The fourth-order valence-corrected chi connectivity index (χ4v) is 2.75. The van der Waals surface area contributed by atoms with Crippen LogP contribution in [0.3, 0.4) is 0 Å². The van der Waals surface area contributed by atoms with E-state index >= 15 is 0 Å². The average Bonchev–Trinajstić information content (AvgIpc) is 2.73. The van der Waals surface area contributed by atoms with Crippen LogP contribution < -0.4 is 17.0 Å². The van der Waals surface area contributed by atoms with Crippen molar-refractivity contribution in [3.63, 3.8) is 0 Å². The Hall–Kier alpha value is -2.03. The van der Waals surface area contributed by atoms with E-state index in [1.807, 2.05) is 6.92 Å². The number of nitrogens with zero attached hydrogens (tertiary/aromatic N) is 3. The van der Waals surface area contributed by atoms with Crippen molar-refractivity contribution in [2.24, 2.45) is 12.8 Å². The van der Waals surface area contributed by atoms with Gasteiger partial charge in [0.05, 0.1) is 5.75 Å². The predicted molar refractivity (Wildman–Crippen MR) is 75.8 cm³/mol. The van der Waals surface area contributed by atoms with Crippen molar-refractivity contribution in [1.82, 2.24) is 19.3 Å². The summed E-state index contributed by atoms with van der Waals surface area (Å²) in [6.45, 7) is 2.56. The second-order valence-corrected chi connectivity index (χ2v) is 5.26. The van der Waals surface area contributed by atoms with Gasteiger partial charge in [-0.1, -0.05) is 18.7 Å². The number of aromatic amines is 1. The minimum absolute atomic E-state index is 0.0484. The molecule has 0 radical (unpaired) electrons. The molecular weight excluding hydrogens is 282 g/mol.